The molecule has 0 aromatic heterocycles. The number of alkyl carbamates (subject to hydrolysis) is 1. The molecule has 1 rings (SSSR count). The lowest BCUT2D eigenvalue weighted by Crippen LogP contribution is -2.58. The summed E-state index contributed by atoms with van der Waals surface area (Å²) in [5.74, 6) is -1.03. The Morgan fingerprint density at radius 2 is 1.63 bits per heavy atom. The quantitative estimate of drug-likeness (QED) is 0.827. The molecule has 0 aromatic carbocycles. The minimum Gasteiger partial charge on any atom is -0.480 e. The van der Waals surface area contributed by atoms with Gasteiger partial charge >= 0.3 is 12.1 Å². The number of ether oxygens (including phenoxy) is 1. The van der Waals surface area contributed by atoms with E-state index in [-0.39, 0.29) is 5.92 Å². The second-order valence-electron chi connectivity index (χ2n) is 6.47. The minimum absolute atomic E-state index is 0.0359. The first-order valence-electron chi connectivity index (χ1n) is 6.90. The summed E-state index contributed by atoms with van der Waals surface area (Å²) in [6, 6.07) is 0. The summed E-state index contributed by atoms with van der Waals surface area (Å²) in [6.07, 6.45) is 4.17. The van der Waals surface area contributed by atoms with Crippen LogP contribution in [0.2, 0.25) is 0 Å². The Morgan fingerprint density at radius 1 is 1.11 bits per heavy atom. The Morgan fingerprint density at radius 3 is 2.05 bits per heavy atom. The van der Waals surface area contributed by atoms with Crippen LogP contribution in [0.15, 0.2) is 0 Å². The minimum atomic E-state index is -1.25. The summed E-state index contributed by atoms with van der Waals surface area (Å²) in [6.45, 7) is 6.84. The van der Waals surface area contributed by atoms with Crippen molar-refractivity contribution >= 4 is 12.1 Å². The molecule has 19 heavy (non-hydrogen) atoms. The number of rotatable bonds is 3. The average Bonchev–Trinajstić information content (AvgIpc) is 2.27. The van der Waals surface area contributed by atoms with Gasteiger partial charge in [-0.25, -0.2) is 9.59 Å². The van der Waals surface area contributed by atoms with Crippen molar-refractivity contribution in [2.24, 2.45) is 5.92 Å². The molecule has 5 nitrogen and oxygen atoms in total. The summed E-state index contributed by atoms with van der Waals surface area (Å²) < 4.78 is 5.16. The predicted molar refractivity (Wildman–Crippen MR) is 72.0 cm³/mol. The van der Waals surface area contributed by atoms with Gasteiger partial charge in [-0.1, -0.05) is 19.3 Å². The van der Waals surface area contributed by atoms with Gasteiger partial charge in [0.1, 0.15) is 11.1 Å². The molecular weight excluding hydrogens is 246 g/mol. The summed E-state index contributed by atoms with van der Waals surface area (Å²) in [7, 11) is 0. The van der Waals surface area contributed by atoms with Crippen molar-refractivity contribution in [2.75, 3.05) is 0 Å². The molecule has 0 radical (unpaired) electrons. The van der Waals surface area contributed by atoms with Gasteiger partial charge in [0.2, 0.25) is 0 Å². The highest BCUT2D eigenvalue weighted by atomic mass is 16.6. The molecule has 110 valence electrons. The van der Waals surface area contributed by atoms with E-state index >= 15 is 0 Å². The molecule has 1 atom stereocenters. The Bertz CT molecular complexity index is 342. The maximum absolute atomic E-state index is 11.8. The van der Waals surface area contributed by atoms with Crippen molar-refractivity contribution in [1.82, 2.24) is 5.32 Å². The maximum atomic E-state index is 11.8. The Hall–Kier alpha value is -1.26. The third kappa shape index (κ3) is 4.40. The second kappa shape index (κ2) is 5.80. The SMILES string of the molecule is CC(C)(C)OC(=O)N[C@@](C)(C(=O)O)C1CCCCC1. The van der Waals surface area contributed by atoms with E-state index in [1.165, 1.54) is 0 Å². The van der Waals surface area contributed by atoms with Crippen LogP contribution < -0.4 is 5.32 Å². The van der Waals surface area contributed by atoms with E-state index in [0.717, 1.165) is 32.1 Å². The van der Waals surface area contributed by atoms with E-state index in [0.29, 0.717) is 0 Å². The number of carboxylic acid groups (broad SMARTS) is 1. The van der Waals surface area contributed by atoms with Crippen LogP contribution in [0.1, 0.15) is 59.8 Å². The zero-order valence-corrected chi connectivity index (χ0v) is 12.3. The first-order chi connectivity index (χ1) is 8.65. The average molecular weight is 271 g/mol. The standard InChI is InChI=1S/C14H25NO4/c1-13(2,3)19-12(18)15-14(4,11(16)17)10-8-6-5-7-9-10/h10H,5-9H2,1-4H3,(H,15,18)(H,16,17)/t14-/m1/s1. The fourth-order valence-corrected chi connectivity index (χ4v) is 2.53. The van der Waals surface area contributed by atoms with Crippen LogP contribution in [-0.4, -0.2) is 28.3 Å². The number of hydrogen-bond acceptors (Lipinski definition) is 3. The number of carboxylic acids is 1. The fraction of sp³-hybridized carbons (Fsp3) is 0.857. The van der Waals surface area contributed by atoms with Crippen LogP contribution in [0, 0.1) is 5.92 Å². The van der Waals surface area contributed by atoms with Crippen molar-refractivity contribution in [2.45, 2.75) is 70.9 Å². The Kier molecular flexibility index (Phi) is 4.82. The highest BCUT2D eigenvalue weighted by molar-refractivity contribution is 5.84. The zero-order chi connectivity index (χ0) is 14.7. The van der Waals surface area contributed by atoms with Crippen LogP contribution in [0.4, 0.5) is 4.79 Å². The third-order valence-electron chi connectivity index (χ3n) is 3.63. The topological polar surface area (TPSA) is 75.6 Å². The Labute approximate surface area is 114 Å². The molecule has 1 saturated carbocycles. The smallest absolute Gasteiger partial charge is 0.408 e. The highest BCUT2D eigenvalue weighted by Crippen LogP contribution is 2.33. The van der Waals surface area contributed by atoms with Gasteiger partial charge in [-0.05, 0) is 46.5 Å². The van der Waals surface area contributed by atoms with Crippen molar-refractivity contribution in [3.63, 3.8) is 0 Å². The van der Waals surface area contributed by atoms with Crippen LogP contribution >= 0.6 is 0 Å². The van der Waals surface area contributed by atoms with Crippen molar-refractivity contribution in [3.8, 4) is 0 Å². The highest BCUT2D eigenvalue weighted by Gasteiger charge is 2.43. The van der Waals surface area contributed by atoms with Gasteiger partial charge < -0.3 is 15.2 Å². The van der Waals surface area contributed by atoms with Gasteiger partial charge in [0.05, 0.1) is 0 Å². The van der Waals surface area contributed by atoms with Gasteiger partial charge in [0, 0.05) is 0 Å². The Balaban J connectivity index is 2.76. The molecular formula is C14H25NO4. The van der Waals surface area contributed by atoms with Gasteiger partial charge in [-0.15, -0.1) is 0 Å². The van der Waals surface area contributed by atoms with E-state index in [1.54, 1.807) is 27.7 Å². The number of aliphatic carboxylic acids is 1. The molecule has 5 heteroatoms. The molecule has 1 amide bonds. The maximum Gasteiger partial charge on any atom is 0.408 e. The van der Waals surface area contributed by atoms with E-state index in [2.05, 4.69) is 5.32 Å². The first kappa shape index (κ1) is 15.8. The van der Waals surface area contributed by atoms with Gasteiger partial charge in [-0.3, -0.25) is 0 Å². The molecule has 0 heterocycles. The molecule has 0 bridgehead atoms. The van der Waals surface area contributed by atoms with Crippen LogP contribution in [0.3, 0.4) is 0 Å². The summed E-state index contributed by atoms with van der Waals surface area (Å²) in [5.41, 5.74) is -1.88. The van der Waals surface area contributed by atoms with Gasteiger partial charge in [-0.2, -0.15) is 0 Å². The fourth-order valence-electron chi connectivity index (χ4n) is 2.53. The molecule has 0 spiro atoms. The lowest BCUT2D eigenvalue weighted by molar-refractivity contribution is -0.147. The number of amides is 1. The predicted octanol–water partition coefficient (Wildman–Crippen LogP) is 2.93. The van der Waals surface area contributed by atoms with Crippen LogP contribution in [0.25, 0.3) is 0 Å². The van der Waals surface area contributed by atoms with Crippen LogP contribution in [-0.2, 0) is 9.53 Å². The van der Waals surface area contributed by atoms with Gasteiger partial charge in [0.15, 0.2) is 0 Å². The number of carbonyl (C=O) groups is 2. The second-order valence-corrected chi connectivity index (χ2v) is 6.47. The molecule has 1 aliphatic carbocycles. The lowest BCUT2D eigenvalue weighted by Gasteiger charge is -2.37. The van der Waals surface area contributed by atoms with E-state index in [1.807, 2.05) is 0 Å². The largest absolute Gasteiger partial charge is 0.480 e. The van der Waals surface area contributed by atoms with Crippen molar-refractivity contribution in [3.05, 3.63) is 0 Å². The molecule has 0 saturated heterocycles. The molecule has 2 N–H and O–H groups in total. The van der Waals surface area contributed by atoms with E-state index in [9.17, 15) is 14.7 Å². The lowest BCUT2D eigenvalue weighted by atomic mass is 9.75. The van der Waals surface area contributed by atoms with E-state index in [4.69, 9.17) is 4.74 Å². The normalized spacial score (nSPS) is 20.4. The van der Waals surface area contributed by atoms with Crippen molar-refractivity contribution < 1.29 is 19.4 Å². The summed E-state index contributed by atoms with van der Waals surface area (Å²) >= 11 is 0. The number of hydrogen-bond donors (Lipinski definition) is 2. The summed E-state index contributed by atoms with van der Waals surface area (Å²) in [5, 5.41) is 12.0. The molecule has 1 aliphatic rings. The van der Waals surface area contributed by atoms with Gasteiger partial charge in [0.25, 0.3) is 0 Å². The van der Waals surface area contributed by atoms with Crippen LogP contribution in [0.5, 0.6) is 0 Å². The summed E-state index contributed by atoms with van der Waals surface area (Å²) in [4.78, 5) is 23.4. The third-order valence-corrected chi connectivity index (χ3v) is 3.63. The number of nitrogens with one attached hydrogen (secondary N) is 1. The zero-order valence-electron chi connectivity index (χ0n) is 12.3. The first-order valence-corrected chi connectivity index (χ1v) is 6.90. The molecule has 0 aliphatic heterocycles. The molecule has 0 unspecified atom stereocenters. The monoisotopic (exact) mass is 271 g/mol. The van der Waals surface area contributed by atoms with E-state index < -0.39 is 23.2 Å². The number of carbonyl (C=O) groups excluding carboxylic acids is 1. The van der Waals surface area contributed by atoms with Crippen molar-refractivity contribution in [1.29, 1.82) is 0 Å². The molecule has 1 fully saturated rings. The molecule has 0 aromatic rings.